The van der Waals surface area contributed by atoms with Crippen molar-refractivity contribution in [2.45, 2.75) is 24.7 Å². The lowest BCUT2D eigenvalue weighted by Gasteiger charge is -2.34. The molecule has 2 aromatic rings. The van der Waals surface area contributed by atoms with Crippen LogP contribution >= 0.6 is 0 Å². The van der Waals surface area contributed by atoms with E-state index in [1.54, 1.807) is 0 Å². The van der Waals surface area contributed by atoms with E-state index in [4.69, 9.17) is 0 Å². The van der Waals surface area contributed by atoms with Gasteiger partial charge in [-0.2, -0.15) is 0 Å². The van der Waals surface area contributed by atoms with Crippen molar-refractivity contribution in [1.82, 2.24) is 0 Å². The van der Waals surface area contributed by atoms with Crippen molar-refractivity contribution in [3.05, 3.63) is 48.0 Å². The Balaban J connectivity index is 2.60. The summed E-state index contributed by atoms with van der Waals surface area (Å²) in [4.78, 5) is 0. The van der Waals surface area contributed by atoms with E-state index in [9.17, 15) is 15.3 Å². The molecule has 20 heavy (non-hydrogen) atoms. The maximum Gasteiger partial charge on any atom is 0.0439 e. The number of benzene rings is 2. The topological polar surface area (TPSA) is 60.7 Å². The zero-order chi connectivity index (χ0) is 14.4. The molecule has 0 aliphatic carbocycles. The molecule has 0 saturated heterocycles. The predicted molar refractivity (Wildman–Crippen MR) is 80.7 cm³/mol. The zero-order valence-corrected chi connectivity index (χ0v) is 11.6. The molecule has 3 nitrogen and oxygen atoms in total. The van der Waals surface area contributed by atoms with Crippen LogP contribution in [0.1, 0.15) is 24.8 Å². The third-order valence-electron chi connectivity index (χ3n) is 4.13. The Bertz CT molecular complexity index is 528. The van der Waals surface area contributed by atoms with Crippen LogP contribution in [0.4, 0.5) is 0 Å². The first kappa shape index (κ1) is 15.0. The van der Waals surface area contributed by atoms with E-state index in [0.717, 1.165) is 16.3 Å². The van der Waals surface area contributed by atoms with Crippen LogP contribution in [-0.2, 0) is 5.41 Å². The average Bonchev–Trinajstić information content (AvgIpc) is 2.47. The van der Waals surface area contributed by atoms with Crippen LogP contribution in [0, 0.1) is 0 Å². The standard InChI is InChI=1S/C17H22O3/c18-11-8-17(9-12-19,10-13-20)16-7-3-5-14-4-1-2-6-15(14)16/h1-7,18-20H,8-13H2. The summed E-state index contributed by atoms with van der Waals surface area (Å²) >= 11 is 0. The normalized spacial score (nSPS) is 11.9. The summed E-state index contributed by atoms with van der Waals surface area (Å²) in [7, 11) is 0. The quantitative estimate of drug-likeness (QED) is 0.725. The number of fused-ring (bicyclic) bond motifs is 1. The van der Waals surface area contributed by atoms with Gasteiger partial charge in [0.15, 0.2) is 0 Å². The lowest BCUT2D eigenvalue weighted by Crippen LogP contribution is -2.30. The van der Waals surface area contributed by atoms with E-state index in [-0.39, 0.29) is 25.2 Å². The minimum atomic E-state index is -0.376. The van der Waals surface area contributed by atoms with Crippen LogP contribution in [0.3, 0.4) is 0 Å². The van der Waals surface area contributed by atoms with Gasteiger partial charge in [0.2, 0.25) is 0 Å². The second kappa shape index (κ2) is 6.84. The van der Waals surface area contributed by atoms with Crippen molar-refractivity contribution in [3.8, 4) is 0 Å². The molecule has 0 aliphatic rings. The van der Waals surface area contributed by atoms with Gasteiger partial charge >= 0.3 is 0 Å². The molecular formula is C17H22O3. The Hall–Kier alpha value is -1.42. The molecule has 2 rings (SSSR count). The Labute approximate surface area is 119 Å². The summed E-state index contributed by atoms with van der Waals surface area (Å²) in [6.45, 7) is 0.135. The van der Waals surface area contributed by atoms with Gasteiger partial charge < -0.3 is 15.3 Å². The molecule has 3 heteroatoms. The first-order valence-electron chi connectivity index (χ1n) is 7.08. The molecule has 0 bridgehead atoms. The summed E-state index contributed by atoms with van der Waals surface area (Å²) in [6, 6.07) is 14.2. The lowest BCUT2D eigenvalue weighted by atomic mass is 9.71. The van der Waals surface area contributed by atoms with E-state index in [1.165, 1.54) is 0 Å². The highest BCUT2D eigenvalue weighted by Gasteiger charge is 2.32. The van der Waals surface area contributed by atoms with Crippen molar-refractivity contribution in [3.63, 3.8) is 0 Å². The summed E-state index contributed by atoms with van der Waals surface area (Å²) in [5.74, 6) is 0. The Kier molecular flexibility index (Phi) is 5.12. The fraction of sp³-hybridized carbons (Fsp3) is 0.412. The molecule has 0 amide bonds. The zero-order valence-electron chi connectivity index (χ0n) is 11.6. The van der Waals surface area contributed by atoms with Crippen LogP contribution in [-0.4, -0.2) is 35.1 Å². The Morgan fingerprint density at radius 2 is 1.25 bits per heavy atom. The van der Waals surface area contributed by atoms with Gasteiger partial charge in [-0.15, -0.1) is 0 Å². The highest BCUT2D eigenvalue weighted by Crippen LogP contribution is 2.38. The number of rotatable bonds is 7. The molecule has 0 saturated carbocycles. The van der Waals surface area contributed by atoms with Crippen molar-refractivity contribution in [2.75, 3.05) is 19.8 Å². The maximum atomic E-state index is 9.43. The van der Waals surface area contributed by atoms with Crippen molar-refractivity contribution < 1.29 is 15.3 Å². The second-order valence-corrected chi connectivity index (χ2v) is 5.23. The molecule has 3 N–H and O–H groups in total. The van der Waals surface area contributed by atoms with Gasteiger partial charge in [0.05, 0.1) is 0 Å². The fourth-order valence-electron chi connectivity index (χ4n) is 3.11. The van der Waals surface area contributed by atoms with Gasteiger partial charge in [0.25, 0.3) is 0 Å². The van der Waals surface area contributed by atoms with Crippen molar-refractivity contribution in [1.29, 1.82) is 0 Å². The Morgan fingerprint density at radius 3 is 1.85 bits per heavy atom. The highest BCUT2D eigenvalue weighted by molar-refractivity contribution is 5.86. The van der Waals surface area contributed by atoms with Crippen molar-refractivity contribution >= 4 is 10.8 Å². The molecule has 0 aliphatic heterocycles. The largest absolute Gasteiger partial charge is 0.396 e. The first-order chi connectivity index (χ1) is 9.77. The smallest absolute Gasteiger partial charge is 0.0439 e. The van der Waals surface area contributed by atoms with Crippen molar-refractivity contribution in [2.24, 2.45) is 0 Å². The van der Waals surface area contributed by atoms with Gasteiger partial charge in [0, 0.05) is 25.2 Å². The molecule has 0 heterocycles. The van der Waals surface area contributed by atoms with Crippen LogP contribution in [0.15, 0.2) is 42.5 Å². The van der Waals surface area contributed by atoms with Gasteiger partial charge in [-0.1, -0.05) is 42.5 Å². The molecule has 0 fully saturated rings. The minimum Gasteiger partial charge on any atom is -0.396 e. The third kappa shape index (κ3) is 2.85. The van der Waals surface area contributed by atoms with E-state index in [0.29, 0.717) is 19.3 Å². The second-order valence-electron chi connectivity index (χ2n) is 5.23. The van der Waals surface area contributed by atoms with Crippen LogP contribution in [0.5, 0.6) is 0 Å². The summed E-state index contributed by atoms with van der Waals surface area (Å²) in [6.07, 6.45) is 1.63. The maximum absolute atomic E-state index is 9.43. The fourth-order valence-corrected chi connectivity index (χ4v) is 3.11. The molecule has 0 spiro atoms. The highest BCUT2D eigenvalue weighted by atomic mass is 16.3. The predicted octanol–water partition coefficient (Wildman–Crippen LogP) is 2.22. The minimum absolute atomic E-state index is 0.0449. The molecule has 0 atom stereocenters. The molecule has 0 radical (unpaired) electrons. The van der Waals surface area contributed by atoms with E-state index in [1.807, 2.05) is 24.3 Å². The lowest BCUT2D eigenvalue weighted by molar-refractivity contribution is 0.157. The van der Waals surface area contributed by atoms with E-state index < -0.39 is 0 Å². The molecule has 0 unspecified atom stereocenters. The van der Waals surface area contributed by atoms with E-state index in [2.05, 4.69) is 18.2 Å². The summed E-state index contributed by atoms with van der Waals surface area (Å²) < 4.78 is 0. The molecule has 2 aromatic carbocycles. The molecule has 0 aromatic heterocycles. The Morgan fingerprint density at radius 1 is 0.700 bits per heavy atom. The first-order valence-corrected chi connectivity index (χ1v) is 7.08. The number of hydrogen-bond acceptors (Lipinski definition) is 3. The van der Waals surface area contributed by atoms with Gasteiger partial charge in [-0.3, -0.25) is 0 Å². The summed E-state index contributed by atoms with van der Waals surface area (Å²) in [5, 5.41) is 30.5. The number of aliphatic hydroxyl groups excluding tert-OH is 3. The van der Waals surface area contributed by atoms with Crippen LogP contribution in [0.2, 0.25) is 0 Å². The monoisotopic (exact) mass is 274 g/mol. The SMILES string of the molecule is OCCC(CCO)(CCO)c1cccc2ccccc12. The number of hydrogen-bond donors (Lipinski definition) is 3. The van der Waals surface area contributed by atoms with Crippen LogP contribution < -0.4 is 0 Å². The van der Waals surface area contributed by atoms with E-state index >= 15 is 0 Å². The summed E-state index contributed by atoms with van der Waals surface area (Å²) in [5.41, 5.74) is 0.729. The van der Waals surface area contributed by atoms with Gasteiger partial charge in [-0.05, 0) is 35.6 Å². The molecular weight excluding hydrogens is 252 g/mol. The number of aliphatic hydroxyl groups is 3. The van der Waals surface area contributed by atoms with Crippen LogP contribution in [0.25, 0.3) is 10.8 Å². The van der Waals surface area contributed by atoms with Gasteiger partial charge in [0.1, 0.15) is 0 Å². The molecule has 108 valence electrons. The average molecular weight is 274 g/mol. The third-order valence-corrected chi connectivity index (χ3v) is 4.13. The van der Waals surface area contributed by atoms with Gasteiger partial charge in [-0.25, -0.2) is 0 Å².